The summed E-state index contributed by atoms with van der Waals surface area (Å²) >= 11 is 0. The zero-order valence-corrected chi connectivity index (χ0v) is 18.7. The summed E-state index contributed by atoms with van der Waals surface area (Å²) in [5.74, 6) is 0.198. The number of allylic oxidation sites excluding steroid dienone is 1. The van der Waals surface area contributed by atoms with Crippen LogP contribution < -0.4 is 0 Å². The van der Waals surface area contributed by atoms with Gasteiger partial charge >= 0.3 is 0 Å². The number of rotatable bonds is 3. The van der Waals surface area contributed by atoms with Gasteiger partial charge in [0.2, 0.25) is 0 Å². The molecule has 0 radical (unpaired) electrons. The van der Waals surface area contributed by atoms with Crippen molar-refractivity contribution in [2.75, 3.05) is 0 Å². The van der Waals surface area contributed by atoms with Crippen molar-refractivity contribution in [3.8, 4) is 22.5 Å². The number of fused-ring (bicyclic) bond motifs is 1. The summed E-state index contributed by atoms with van der Waals surface area (Å²) in [4.78, 5) is 9.24. The fourth-order valence-electron chi connectivity index (χ4n) is 4.20. The monoisotopic (exact) mass is 450 g/mol. The molecule has 1 atom stereocenters. The van der Waals surface area contributed by atoms with Gasteiger partial charge in [-0.2, -0.15) is 0 Å². The molecule has 138 valence electrons. The second-order valence-corrected chi connectivity index (χ2v) is 7.15. The Morgan fingerprint density at radius 3 is 2.24 bits per heavy atom. The first-order chi connectivity index (χ1) is 13.8. The number of aromatic nitrogens is 2. The number of pyridine rings is 2. The Balaban J connectivity index is 0.00000205. The summed E-state index contributed by atoms with van der Waals surface area (Å²) in [5, 5.41) is 0. The molecule has 29 heavy (non-hydrogen) atoms. The van der Waals surface area contributed by atoms with Crippen LogP contribution in [-0.2, 0) is 26.2 Å². The van der Waals surface area contributed by atoms with Gasteiger partial charge < -0.3 is 0 Å². The van der Waals surface area contributed by atoms with Crippen LogP contribution in [0.25, 0.3) is 28.6 Å². The maximum absolute atomic E-state index is 4.69. The van der Waals surface area contributed by atoms with Gasteiger partial charge in [0.25, 0.3) is 0 Å². The van der Waals surface area contributed by atoms with Crippen LogP contribution in [-0.4, -0.2) is 9.97 Å². The Hall–Kier alpha value is -2.64. The smallest absolute Gasteiger partial charge is 0.0927 e. The van der Waals surface area contributed by atoms with Crippen molar-refractivity contribution in [1.82, 2.24) is 9.97 Å². The van der Waals surface area contributed by atoms with Crippen LogP contribution in [0.2, 0.25) is 0 Å². The van der Waals surface area contributed by atoms with E-state index in [1.807, 2.05) is 36.7 Å². The van der Waals surface area contributed by atoms with Crippen LogP contribution in [0.4, 0.5) is 0 Å². The molecule has 0 amide bonds. The standard InChI is InChI=1S/C26H20N2.Zr/c1-18-17-23-20(19-9-3-2-4-10-19)11-7-12-21(23)25(18)22-13-8-16-28-26(22)24-14-5-6-15-27-24;/h2-17,25H,1H3;. The van der Waals surface area contributed by atoms with Crippen LogP contribution in [0.15, 0.2) is 96.8 Å². The molecule has 3 heteroatoms. The van der Waals surface area contributed by atoms with Crippen molar-refractivity contribution >= 4 is 6.08 Å². The average molecular weight is 452 g/mol. The Morgan fingerprint density at radius 1 is 0.690 bits per heavy atom. The van der Waals surface area contributed by atoms with Gasteiger partial charge in [-0.25, -0.2) is 0 Å². The minimum absolute atomic E-state index is 0. The molecule has 4 aromatic rings. The molecule has 0 fully saturated rings. The Bertz CT molecular complexity index is 1170. The fourth-order valence-corrected chi connectivity index (χ4v) is 4.20. The minimum atomic E-state index is 0. The first-order valence-corrected chi connectivity index (χ1v) is 9.56. The predicted octanol–water partition coefficient (Wildman–Crippen LogP) is 6.36. The quantitative estimate of drug-likeness (QED) is 0.362. The molecule has 2 aromatic heterocycles. The third-order valence-corrected chi connectivity index (χ3v) is 5.42. The van der Waals surface area contributed by atoms with Gasteiger partial charge in [-0.05, 0) is 52.9 Å². The van der Waals surface area contributed by atoms with E-state index in [1.54, 1.807) is 0 Å². The average Bonchev–Trinajstić information content (AvgIpc) is 3.10. The maximum atomic E-state index is 4.69. The van der Waals surface area contributed by atoms with E-state index in [4.69, 9.17) is 4.98 Å². The zero-order valence-electron chi connectivity index (χ0n) is 16.2. The fraction of sp³-hybridized carbons (Fsp3) is 0.0769. The molecule has 0 saturated carbocycles. The molecule has 0 N–H and O–H groups in total. The zero-order chi connectivity index (χ0) is 18.9. The van der Waals surface area contributed by atoms with Crippen molar-refractivity contribution in [3.05, 3.63) is 114 Å². The van der Waals surface area contributed by atoms with E-state index in [2.05, 4.69) is 72.6 Å². The van der Waals surface area contributed by atoms with Crippen molar-refractivity contribution in [3.63, 3.8) is 0 Å². The van der Waals surface area contributed by atoms with Gasteiger partial charge in [-0.3, -0.25) is 9.97 Å². The first kappa shape index (κ1) is 19.7. The number of hydrogen-bond donors (Lipinski definition) is 0. The van der Waals surface area contributed by atoms with E-state index >= 15 is 0 Å². The van der Waals surface area contributed by atoms with Crippen molar-refractivity contribution in [2.24, 2.45) is 0 Å². The summed E-state index contributed by atoms with van der Waals surface area (Å²) < 4.78 is 0. The van der Waals surface area contributed by atoms with E-state index in [0.29, 0.717) is 0 Å². The van der Waals surface area contributed by atoms with Crippen LogP contribution in [0.5, 0.6) is 0 Å². The molecule has 5 rings (SSSR count). The van der Waals surface area contributed by atoms with Crippen molar-refractivity contribution in [2.45, 2.75) is 12.8 Å². The SMILES string of the molecule is CC1=Cc2c(-c3ccccc3)cccc2C1c1cccnc1-c1ccccn1.[Zr]. The van der Waals surface area contributed by atoms with Gasteiger partial charge in [-0.15, -0.1) is 0 Å². The third-order valence-electron chi connectivity index (χ3n) is 5.42. The number of nitrogens with zero attached hydrogens (tertiary/aromatic N) is 2. The van der Waals surface area contributed by atoms with Crippen LogP contribution >= 0.6 is 0 Å². The molecular weight excluding hydrogens is 432 g/mol. The normalized spacial score (nSPS) is 14.7. The van der Waals surface area contributed by atoms with E-state index in [1.165, 1.54) is 33.4 Å². The van der Waals surface area contributed by atoms with Gasteiger partial charge in [0, 0.05) is 44.5 Å². The molecule has 2 aromatic carbocycles. The molecule has 2 nitrogen and oxygen atoms in total. The topological polar surface area (TPSA) is 25.8 Å². The summed E-state index contributed by atoms with van der Waals surface area (Å²) in [5.41, 5.74) is 9.60. The van der Waals surface area contributed by atoms with E-state index in [-0.39, 0.29) is 32.1 Å². The van der Waals surface area contributed by atoms with Crippen LogP contribution in [0.1, 0.15) is 29.5 Å². The molecule has 0 spiro atoms. The largest absolute Gasteiger partial charge is 0.255 e. The molecule has 2 heterocycles. The summed E-state index contributed by atoms with van der Waals surface area (Å²) in [7, 11) is 0. The molecule has 1 aliphatic rings. The van der Waals surface area contributed by atoms with Crippen LogP contribution in [0, 0.1) is 0 Å². The van der Waals surface area contributed by atoms with Crippen molar-refractivity contribution in [1.29, 1.82) is 0 Å². The Kier molecular flexibility index (Phi) is 5.69. The second kappa shape index (κ2) is 8.39. The maximum Gasteiger partial charge on any atom is 0.0927 e. The molecule has 1 aliphatic carbocycles. The Labute approximate surface area is 190 Å². The van der Waals surface area contributed by atoms with Gasteiger partial charge in [0.05, 0.1) is 11.4 Å². The minimum Gasteiger partial charge on any atom is -0.255 e. The Morgan fingerprint density at radius 2 is 1.45 bits per heavy atom. The molecule has 0 bridgehead atoms. The molecular formula is C26H20N2Zr. The summed E-state index contributed by atoms with van der Waals surface area (Å²) in [6, 6.07) is 27.4. The number of benzene rings is 2. The summed E-state index contributed by atoms with van der Waals surface area (Å²) in [6.07, 6.45) is 6.01. The molecule has 1 unspecified atom stereocenters. The van der Waals surface area contributed by atoms with E-state index in [0.717, 1.165) is 11.4 Å². The number of hydrogen-bond acceptors (Lipinski definition) is 2. The molecule has 0 aliphatic heterocycles. The summed E-state index contributed by atoms with van der Waals surface area (Å²) in [6.45, 7) is 2.22. The predicted molar refractivity (Wildman–Crippen MR) is 115 cm³/mol. The third kappa shape index (κ3) is 3.56. The van der Waals surface area contributed by atoms with Crippen LogP contribution in [0.3, 0.4) is 0 Å². The van der Waals surface area contributed by atoms with E-state index in [9.17, 15) is 0 Å². The van der Waals surface area contributed by atoms with Gasteiger partial charge in [0.1, 0.15) is 0 Å². The van der Waals surface area contributed by atoms with Gasteiger partial charge in [-0.1, -0.05) is 72.3 Å². The van der Waals surface area contributed by atoms with E-state index < -0.39 is 0 Å². The second-order valence-electron chi connectivity index (χ2n) is 7.15. The van der Waals surface area contributed by atoms with Gasteiger partial charge in [0.15, 0.2) is 0 Å². The van der Waals surface area contributed by atoms with Crippen molar-refractivity contribution < 1.29 is 26.2 Å². The molecule has 0 saturated heterocycles. The first-order valence-electron chi connectivity index (χ1n) is 9.56.